The van der Waals surface area contributed by atoms with E-state index in [4.69, 9.17) is 4.74 Å². The van der Waals surface area contributed by atoms with Gasteiger partial charge in [0.25, 0.3) is 0 Å². The van der Waals surface area contributed by atoms with E-state index in [1.54, 1.807) is 0 Å². The normalized spacial score (nSPS) is 27.5. The van der Waals surface area contributed by atoms with Crippen molar-refractivity contribution in [1.82, 2.24) is 0 Å². The summed E-state index contributed by atoms with van der Waals surface area (Å²) in [6.07, 6.45) is 5.57. The summed E-state index contributed by atoms with van der Waals surface area (Å²) in [5, 5.41) is 0. The van der Waals surface area contributed by atoms with Gasteiger partial charge in [-0.1, -0.05) is 29.8 Å². The van der Waals surface area contributed by atoms with E-state index in [1.165, 1.54) is 12.0 Å². The molecule has 1 heteroatoms. The molecule has 1 aromatic carbocycles. The summed E-state index contributed by atoms with van der Waals surface area (Å²) >= 11 is 0. The third kappa shape index (κ3) is 1.58. The topological polar surface area (TPSA) is 9.23 Å². The van der Waals surface area contributed by atoms with Crippen molar-refractivity contribution >= 4 is 0 Å². The van der Waals surface area contributed by atoms with Crippen LogP contribution in [0.4, 0.5) is 0 Å². The van der Waals surface area contributed by atoms with Gasteiger partial charge in [0.2, 0.25) is 0 Å². The second-order valence-corrected chi connectivity index (χ2v) is 4.34. The largest absolute Gasteiger partial charge is 0.461 e. The first kappa shape index (κ1) is 8.78. The highest BCUT2D eigenvalue weighted by atomic mass is 16.5. The van der Waals surface area contributed by atoms with Crippen LogP contribution in [0.15, 0.2) is 53.8 Å². The van der Waals surface area contributed by atoms with E-state index in [9.17, 15) is 0 Å². The Labute approximate surface area is 90.1 Å². The van der Waals surface area contributed by atoms with E-state index in [2.05, 4.69) is 19.1 Å². The Balaban J connectivity index is 1.80. The van der Waals surface area contributed by atoms with Gasteiger partial charge in [-0.15, -0.1) is 0 Å². The van der Waals surface area contributed by atoms with Crippen molar-refractivity contribution in [2.24, 2.45) is 11.8 Å². The predicted octanol–water partition coefficient (Wildman–Crippen LogP) is 3.55. The number of fused-ring (bicyclic) bond motifs is 1. The lowest BCUT2D eigenvalue weighted by atomic mass is 10.1. The fourth-order valence-corrected chi connectivity index (χ4v) is 2.21. The van der Waals surface area contributed by atoms with Gasteiger partial charge in [-0.05, 0) is 37.5 Å². The zero-order chi connectivity index (χ0) is 10.3. The fourth-order valence-electron chi connectivity index (χ4n) is 2.21. The lowest BCUT2D eigenvalue weighted by Gasteiger charge is -2.12. The Morgan fingerprint density at radius 2 is 1.87 bits per heavy atom. The van der Waals surface area contributed by atoms with Crippen LogP contribution in [0.25, 0.3) is 0 Å². The molecule has 2 atom stereocenters. The molecule has 0 aromatic heterocycles. The van der Waals surface area contributed by atoms with E-state index >= 15 is 0 Å². The molecule has 2 aliphatic carbocycles. The van der Waals surface area contributed by atoms with Crippen molar-refractivity contribution in [2.45, 2.75) is 13.3 Å². The van der Waals surface area contributed by atoms with Gasteiger partial charge in [0, 0.05) is 5.92 Å². The van der Waals surface area contributed by atoms with Crippen molar-refractivity contribution < 1.29 is 4.74 Å². The number of benzene rings is 1. The van der Waals surface area contributed by atoms with Crippen LogP contribution in [0.2, 0.25) is 0 Å². The van der Waals surface area contributed by atoms with Gasteiger partial charge in [-0.3, -0.25) is 0 Å². The molecule has 0 aliphatic heterocycles. The second-order valence-electron chi connectivity index (χ2n) is 4.34. The average molecular weight is 198 g/mol. The highest BCUT2D eigenvalue weighted by Gasteiger charge is 2.43. The standard InChI is InChI=1S/C14H14O/c1-10-7-8-14(13-9-12(10)13)15-11-5-3-2-4-6-11/h2-8,12-13H,9H2,1H3. The van der Waals surface area contributed by atoms with Crippen molar-refractivity contribution in [2.75, 3.05) is 0 Å². The molecule has 0 amide bonds. The van der Waals surface area contributed by atoms with E-state index in [-0.39, 0.29) is 0 Å². The highest BCUT2D eigenvalue weighted by Crippen LogP contribution is 2.51. The molecule has 2 unspecified atom stereocenters. The maximum Gasteiger partial charge on any atom is 0.126 e. The first-order chi connectivity index (χ1) is 7.34. The molecule has 1 nitrogen and oxygen atoms in total. The first-order valence-corrected chi connectivity index (χ1v) is 5.46. The number of hydrogen-bond donors (Lipinski definition) is 0. The Hall–Kier alpha value is -1.50. The first-order valence-electron chi connectivity index (χ1n) is 5.46. The minimum atomic E-state index is 0.648. The molecule has 3 rings (SSSR count). The average Bonchev–Trinajstić information content (AvgIpc) is 3.05. The molecular weight excluding hydrogens is 184 g/mol. The van der Waals surface area contributed by atoms with Crippen LogP contribution in [0.5, 0.6) is 5.75 Å². The molecule has 0 spiro atoms. The van der Waals surface area contributed by atoms with Gasteiger partial charge >= 0.3 is 0 Å². The van der Waals surface area contributed by atoms with Gasteiger partial charge in [-0.25, -0.2) is 0 Å². The van der Waals surface area contributed by atoms with Gasteiger partial charge in [-0.2, -0.15) is 0 Å². The zero-order valence-corrected chi connectivity index (χ0v) is 8.81. The Bertz CT molecular complexity index is 428. The summed E-state index contributed by atoms with van der Waals surface area (Å²) in [7, 11) is 0. The number of para-hydroxylation sites is 1. The van der Waals surface area contributed by atoms with E-state index in [0.717, 1.165) is 17.4 Å². The van der Waals surface area contributed by atoms with Crippen LogP contribution in [0, 0.1) is 11.8 Å². The van der Waals surface area contributed by atoms with Crippen molar-refractivity contribution in [3.63, 3.8) is 0 Å². The van der Waals surface area contributed by atoms with Crippen LogP contribution < -0.4 is 4.74 Å². The van der Waals surface area contributed by atoms with Crippen LogP contribution in [-0.4, -0.2) is 0 Å². The lowest BCUT2D eigenvalue weighted by Crippen LogP contribution is -2.02. The SMILES string of the molecule is CC1=CC=C(Oc2ccccc2)C2CC12. The van der Waals surface area contributed by atoms with Gasteiger partial charge in [0.1, 0.15) is 11.5 Å². The zero-order valence-electron chi connectivity index (χ0n) is 8.81. The summed E-state index contributed by atoms with van der Waals surface area (Å²) in [5.74, 6) is 3.49. The van der Waals surface area contributed by atoms with Crippen LogP contribution >= 0.6 is 0 Å². The molecule has 2 aliphatic rings. The number of ether oxygens (including phenoxy) is 1. The van der Waals surface area contributed by atoms with Crippen molar-refractivity contribution in [1.29, 1.82) is 0 Å². The monoisotopic (exact) mass is 198 g/mol. The molecular formula is C14H14O. The van der Waals surface area contributed by atoms with E-state index < -0.39 is 0 Å². The maximum atomic E-state index is 5.87. The molecule has 0 saturated heterocycles. The van der Waals surface area contributed by atoms with Crippen LogP contribution in [-0.2, 0) is 0 Å². The fraction of sp³-hybridized carbons (Fsp3) is 0.286. The Morgan fingerprint density at radius 3 is 2.67 bits per heavy atom. The van der Waals surface area contributed by atoms with E-state index in [1.807, 2.05) is 30.3 Å². The minimum Gasteiger partial charge on any atom is -0.461 e. The van der Waals surface area contributed by atoms with E-state index in [0.29, 0.717) is 5.92 Å². The molecule has 0 radical (unpaired) electrons. The maximum absolute atomic E-state index is 5.87. The smallest absolute Gasteiger partial charge is 0.126 e. The molecule has 1 saturated carbocycles. The number of allylic oxidation sites excluding steroid dienone is 4. The summed E-state index contributed by atoms with van der Waals surface area (Å²) in [5.41, 5.74) is 1.50. The molecule has 15 heavy (non-hydrogen) atoms. The molecule has 0 heterocycles. The predicted molar refractivity (Wildman–Crippen MR) is 60.5 cm³/mol. The summed E-state index contributed by atoms with van der Waals surface area (Å²) in [4.78, 5) is 0. The summed E-state index contributed by atoms with van der Waals surface area (Å²) < 4.78 is 5.87. The highest BCUT2D eigenvalue weighted by molar-refractivity contribution is 5.35. The molecule has 1 aromatic rings. The molecule has 0 N–H and O–H groups in total. The quantitative estimate of drug-likeness (QED) is 0.706. The Morgan fingerprint density at radius 1 is 1.07 bits per heavy atom. The van der Waals surface area contributed by atoms with Crippen molar-refractivity contribution in [3.05, 3.63) is 53.8 Å². The van der Waals surface area contributed by atoms with Gasteiger partial charge in [0.15, 0.2) is 0 Å². The van der Waals surface area contributed by atoms with Gasteiger partial charge in [0.05, 0.1) is 0 Å². The van der Waals surface area contributed by atoms with Crippen LogP contribution in [0.3, 0.4) is 0 Å². The summed E-state index contributed by atoms with van der Waals surface area (Å²) in [6.45, 7) is 2.21. The van der Waals surface area contributed by atoms with Gasteiger partial charge < -0.3 is 4.74 Å². The third-order valence-electron chi connectivity index (χ3n) is 3.23. The van der Waals surface area contributed by atoms with Crippen molar-refractivity contribution in [3.8, 4) is 5.75 Å². The lowest BCUT2D eigenvalue weighted by molar-refractivity contribution is 0.388. The Kier molecular flexibility index (Phi) is 1.91. The molecule has 1 fully saturated rings. The summed E-state index contributed by atoms with van der Waals surface area (Å²) in [6, 6.07) is 10.0. The number of rotatable bonds is 2. The third-order valence-corrected chi connectivity index (χ3v) is 3.23. The minimum absolute atomic E-state index is 0.648. The van der Waals surface area contributed by atoms with Crippen LogP contribution in [0.1, 0.15) is 13.3 Å². The second kappa shape index (κ2) is 3.27. The number of hydrogen-bond acceptors (Lipinski definition) is 1. The molecule has 76 valence electrons. The molecule has 0 bridgehead atoms.